The van der Waals surface area contributed by atoms with Gasteiger partial charge in [0, 0.05) is 18.2 Å². The third-order valence-electron chi connectivity index (χ3n) is 6.89. The van der Waals surface area contributed by atoms with Crippen LogP contribution in [0, 0.1) is 23.7 Å². The van der Waals surface area contributed by atoms with Crippen LogP contribution in [0.4, 0.5) is 0 Å². The molecule has 30 heavy (non-hydrogen) atoms. The van der Waals surface area contributed by atoms with Crippen molar-refractivity contribution in [2.75, 3.05) is 6.61 Å². The van der Waals surface area contributed by atoms with Crippen LogP contribution in [-0.2, 0) is 14.3 Å². The molecule has 0 N–H and O–H groups in total. The summed E-state index contributed by atoms with van der Waals surface area (Å²) >= 11 is 7.02. The van der Waals surface area contributed by atoms with E-state index in [1.165, 1.54) is 49.9 Å². The highest BCUT2D eigenvalue weighted by Crippen LogP contribution is 2.56. The van der Waals surface area contributed by atoms with Gasteiger partial charge >= 0.3 is 5.97 Å². The molecule has 4 bridgehead atoms. The first-order valence-corrected chi connectivity index (χ1v) is 12.0. The number of ether oxygens (including phenoxy) is 1. The van der Waals surface area contributed by atoms with Gasteiger partial charge in [0.15, 0.2) is 0 Å². The van der Waals surface area contributed by atoms with Gasteiger partial charge in [-0.3, -0.25) is 9.69 Å². The van der Waals surface area contributed by atoms with Crippen molar-refractivity contribution in [2.45, 2.75) is 45.1 Å². The highest BCUT2D eigenvalue weighted by molar-refractivity contribution is 8.26. The second-order valence-corrected chi connectivity index (χ2v) is 10.5. The van der Waals surface area contributed by atoms with Gasteiger partial charge in [-0.05, 0) is 80.9 Å². The Hall–Kier alpha value is -1.86. The lowest BCUT2D eigenvalue weighted by molar-refractivity contribution is -0.137. The number of furan rings is 1. The van der Waals surface area contributed by atoms with Gasteiger partial charge in [-0.2, -0.15) is 0 Å². The zero-order valence-corrected chi connectivity index (χ0v) is 18.5. The number of hydrogen-bond donors (Lipinski definition) is 0. The maximum atomic E-state index is 13.3. The molecule has 0 radical (unpaired) electrons. The van der Waals surface area contributed by atoms with E-state index in [1.807, 2.05) is 4.90 Å². The van der Waals surface area contributed by atoms with Crippen LogP contribution in [0.2, 0.25) is 0 Å². The molecule has 158 valence electrons. The predicted molar refractivity (Wildman–Crippen MR) is 120 cm³/mol. The van der Waals surface area contributed by atoms with Gasteiger partial charge in [0.1, 0.15) is 15.8 Å². The van der Waals surface area contributed by atoms with Crippen molar-refractivity contribution >= 4 is 52.3 Å². The number of amides is 1. The lowest BCUT2D eigenvalue weighted by Crippen LogP contribution is -2.57. The van der Waals surface area contributed by atoms with Crippen LogP contribution in [0.5, 0.6) is 0 Å². The molecular weight excluding hydrogens is 418 g/mol. The molecule has 0 atom stereocenters. The Bertz CT molecular complexity index is 919. The van der Waals surface area contributed by atoms with Crippen LogP contribution in [0.15, 0.2) is 27.5 Å². The zero-order valence-electron chi connectivity index (χ0n) is 16.9. The lowest BCUT2D eigenvalue weighted by atomic mass is 9.54. The van der Waals surface area contributed by atoms with Crippen LogP contribution in [0.1, 0.15) is 50.5 Å². The fourth-order valence-electron chi connectivity index (χ4n) is 6.06. The van der Waals surface area contributed by atoms with E-state index in [-0.39, 0.29) is 11.9 Å². The summed E-state index contributed by atoms with van der Waals surface area (Å²) in [4.78, 5) is 27.2. The maximum absolute atomic E-state index is 13.3. The van der Waals surface area contributed by atoms with Gasteiger partial charge in [-0.15, -0.1) is 0 Å². The number of thiocarbonyl (C=S) groups is 1. The van der Waals surface area contributed by atoms with Crippen LogP contribution in [0.3, 0.4) is 0 Å². The molecule has 6 rings (SSSR count). The van der Waals surface area contributed by atoms with E-state index >= 15 is 0 Å². The Morgan fingerprint density at radius 2 is 1.87 bits per heavy atom. The lowest BCUT2D eigenvalue weighted by Gasteiger charge is -2.56. The van der Waals surface area contributed by atoms with Gasteiger partial charge in [0.2, 0.25) is 0 Å². The van der Waals surface area contributed by atoms with Crippen molar-refractivity contribution < 1.29 is 18.7 Å². The van der Waals surface area contributed by atoms with E-state index < -0.39 is 5.97 Å². The summed E-state index contributed by atoms with van der Waals surface area (Å²) in [6.45, 7) is 2.09. The van der Waals surface area contributed by atoms with E-state index in [2.05, 4.69) is 0 Å². The molecule has 1 amide bonds. The number of carbonyl (C=O) groups excluding carboxylic acids is 2. The second-order valence-electron chi connectivity index (χ2n) is 8.80. The summed E-state index contributed by atoms with van der Waals surface area (Å²) < 4.78 is 11.3. The fraction of sp³-hybridized carbons (Fsp3) is 0.522. The molecule has 4 aliphatic carbocycles. The van der Waals surface area contributed by atoms with Crippen LogP contribution < -0.4 is 0 Å². The van der Waals surface area contributed by atoms with Crippen molar-refractivity contribution in [1.82, 2.24) is 4.90 Å². The molecule has 4 saturated carbocycles. The molecule has 5 nitrogen and oxygen atoms in total. The monoisotopic (exact) mass is 443 g/mol. The fourth-order valence-corrected chi connectivity index (χ4v) is 7.39. The quantitative estimate of drug-likeness (QED) is 0.367. The molecule has 0 unspecified atom stereocenters. The van der Waals surface area contributed by atoms with Crippen LogP contribution >= 0.6 is 24.0 Å². The van der Waals surface area contributed by atoms with Gasteiger partial charge in [0.25, 0.3) is 5.91 Å². The minimum atomic E-state index is -0.410. The number of thioether (sulfide) groups is 1. The number of esters is 1. The normalized spacial score (nSPS) is 34.0. The summed E-state index contributed by atoms with van der Waals surface area (Å²) in [7, 11) is 0. The maximum Gasteiger partial charge on any atom is 0.330 e. The molecule has 1 aromatic rings. The van der Waals surface area contributed by atoms with E-state index in [4.69, 9.17) is 21.4 Å². The second kappa shape index (κ2) is 8.00. The van der Waals surface area contributed by atoms with Gasteiger partial charge in [-0.25, -0.2) is 4.79 Å². The third kappa shape index (κ3) is 3.66. The van der Waals surface area contributed by atoms with Crippen molar-refractivity contribution in [3.05, 3.63) is 34.6 Å². The largest absolute Gasteiger partial charge is 0.463 e. The van der Waals surface area contributed by atoms with Crippen molar-refractivity contribution in [1.29, 1.82) is 0 Å². The number of hydrogen-bond acceptors (Lipinski definition) is 6. The summed E-state index contributed by atoms with van der Waals surface area (Å²) in [6, 6.07) is 3.83. The molecule has 0 aromatic carbocycles. The molecule has 0 spiro atoms. The number of nitrogens with zero attached hydrogens (tertiary/aromatic N) is 1. The van der Waals surface area contributed by atoms with Crippen molar-refractivity contribution in [2.24, 2.45) is 23.7 Å². The van der Waals surface area contributed by atoms with Crippen molar-refractivity contribution in [3.8, 4) is 0 Å². The van der Waals surface area contributed by atoms with E-state index in [9.17, 15) is 9.59 Å². The smallest absolute Gasteiger partial charge is 0.330 e. The standard InChI is InChI=1S/C23H25NO4S2/c1-2-27-20(25)6-5-17-3-4-18(28-17)12-19-22(26)24(23(29)30-19)21-15-8-13-7-14(10-15)11-16(21)9-13/h3-6,12-16,21H,2,7-11H2,1H3. The van der Waals surface area contributed by atoms with Crippen LogP contribution in [0.25, 0.3) is 12.2 Å². The minimum absolute atomic E-state index is 0.0162. The van der Waals surface area contributed by atoms with E-state index in [1.54, 1.807) is 31.2 Å². The summed E-state index contributed by atoms with van der Waals surface area (Å²) in [6.07, 6.45) is 11.1. The predicted octanol–water partition coefficient (Wildman–Crippen LogP) is 4.88. The SMILES string of the molecule is CCOC(=O)C=Cc1ccc(C=C2SC(=S)N(C3C4CC5CC(C4)CC3C5)C2=O)o1. The average Bonchev–Trinajstić information content (AvgIpc) is 3.25. The zero-order chi connectivity index (χ0) is 20.8. The first-order valence-electron chi connectivity index (χ1n) is 10.7. The highest BCUT2D eigenvalue weighted by atomic mass is 32.2. The highest BCUT2D eigenvalue weighted by Gasteiger charge is 2.53. The Kier molecular flexibility index (Phi) is 5.35. The summed E-state index contributed by atoms with van der Waals surface area (Å²) in [5.41, 5.74) is 0. The molecule has 7 heteroatoms. The molecule has 2 heterocycles. The molecule has 1 aliphatic heterocycles. The van der Waals surface area contributed by atoms with E-state index in [0.717, 1.165) is 11.8 Å². The summed E-state index contributed by atoms with van der Waals surface area (Å²) in [5, 5.41) is 0. The Labute approximate surface area is 185 Å². The minimum Gasteiger partial charge on any atom is -0.463 e. The topological polar surface area (TPSA) is 59.8 Å². The molecule has 5 aliphatic rings. The van der Waals surface area contributed by atoms with E-state index in [0.29, 0.717) is 39.2 Å². The van der Waals surface area contributed by atoms with Gasteiger partial charge in [-0.1, -0.05) is 24.0 Å². The Morgan fingerprint density at radius 1 is 1.20 bits per heavy atom. The Morgan fingerprint density at radius 3 is 2.53 bits per heavy atom. The number of carbonyl (C=O) groups is 2. The third-order valence-corrected chi connectivity index (χ3v) is 8.22. The molecular formula is C23H25NO4S2. The van der Waals surface area contributed by atoms with Crippen LogP contribution in [-0.4, -0.2) is 33.7 Å². The van der Waals surface area contributed by atoms with Gasteiger partial charge < -0.3 is 9.15 Å². The Balaban J connectivity index is 1.31. The van der Waals surface area contributed by atoms with Crippen molar-refractivity contribution in [3.63, 3.8) is 0 Å². The summed E-state index contributed by atoms with van der Waals surface area (Å²) in [5.74, 6) is 3.64. The number of rotatable bonds is 5. The molecule has 1 aromatic heterocycles. The average molecular weight is 444 g/mol. The molecule has 5 fully saturated rings. The first-order chi connectivity index (χ1) is 14.5. The first kappa shape index (κ1) is 20.1. The molecule has 1 saturated heterocycles. The van der Waals surface area contributed by atoms with Gasteiger partial charge in [0.05, 0.1) is 11.5 Å².